The van der Waals surface area contributed by atoms with Gasteiger partial charge in [0, 0.05) is 23.4 Å². The van der Waals surface area contributed by atoms with Crippen LogP contribution in [0.25, 0.3) is 6.08 Å². The van der Waals surface area contributed by atoms with Crippen molar-refractivity contribution in [3.05, 3.63) is 111 Å². The van der Waals surface area contributed by atoms with Crippen molar-refractivity contribution in [2.24, 2.45) is 0 Å². The number of anilines is 1. The molecule has 4 aromatic rings. The lowest BCUT2D eigenvalue weighted by atomic mass is 10.1. The van der Waals surface area contributed by atoms with E-state index in [9.17, 15) is 4.79 Å². The molecule has 1 amide bonds. The molecular weight excluding hydrogens is 509 g/mol. The van der Waals surface area contributed by atoms with Gasteiger partial charge in [-0.15, -0.1) is 0 Å². The highest BCUT2D eigenvalue weighted by Gasteiger charge is 2.09. The number of nitrogens with one attached hydrogen (secondary N) is 1. The van der Waals surface area contributed by atoms with Crippen LogP contribution >= 0.6 is 23.2 Å². The molecule has 0 bridgehead atoms. The van der Waals surface area contributed by atoms with Crippen molar-refractivity contribution in [2.75, 3.05) is 12.4 Å². The predicted octanol–water partition coefficient (Wildman–Crippen LogP) is 7.09. The smallest absolute Gasteiger partial charge is 0.249 e. The number of methoxy groups -OCH3 is 1. The zero-order valence-electron chi connectivity index (χ0n) is 20.8. The van der Waals surface area contributed by atoms with Crippen molar-refractivity contribution in [1.82, 2.24) is 9.78 Å². The molecular formula is C29H27Cl2N3O3. The molecule has 0 spiro atoms. The number of carbonyl (C=O) groups excluding carboxylic acids is 1. The van der Waals surface area contributed by atoms with Crippen LogP contribution in [-0.2, 0) is 17.9 Å². The van der Waals surface area contributed by atoms with Crippen molar-refractivity contribution < 1.29 is 14.3 Å². The van der Waals surface area contributed by atoms with Gasteiger partial charge in [0.15, 0.2) is 5.82 Å². The van der Waals surface area contributed by atoms with Gasteiger partial charge in [-0.1, -0.05) is 47.5 Å². The summed E-state index contributed by atoms with van der Waals surface area (Å²) < 4.78 is 13.2. The molecule has 1 aromatic heterocycles. The molecule has 0 saturated heterocycles. The SMILES string of the molecule is COc1ccc(/C=C/C(=O)Nc2cc(C)n(Cc3ccc(Cl)c(Cl)c3)n2)cc1COc1cccc(C)c1. The lowest BCUT2D eigenvalue weighted by molar-refractivity contribution is -0.111. The average Bonchev–Trinajstić information content (AvgIpc) is 3.21. The van der Waals surface area contributed by atoms with E-state index < -0.39 is 0 Å². The predicted molar refractivity (Wildman–Crippen MR) is 149 cm³/mol. The largest absolute Gasteiger partial charge is 0.496 e. The van der Waals surface area contributed by atoms with Gasteiger partial charge in [-0.3, -0.25) is 9.48 Å². The molecule has 0 radical (unpaired) electrons. The van der Waals surface area contributed by atoms with Crippen LogP contribution in [-0.4, -0.2) is 22.8 Å². The van der Waals surface area contributed by atoms with Crippen molar-refractivity contribution >= 4 is 41.0 Å². The molecule has 0 aliphatic rings. The van der Waals surface area contributed by atoms with E-state index in [1.807, 2.05) is 68.4 Å². The number of rotatable bonds is 9. The van der Waals surface area contributed by atoms with Crippen molar-refractivity contribution in [1.29, 1.82) is 0 Å². The van der Waals surface area contributed by atoms with Gasteiger partial charge in [-0.25, -0.2) is 0 Å². The molecule has 0 fully saturated rings. The van der Waals surface area contributed by atoms with Gasteiger partial charge in [-0.05, 0) is 73.0 Å². The van der Waals surface area contributed by atoms with Crippen molar-refractivity contribution in [2.45, 2.75) is 27.0 Å². The molecule has 190 valence electrons. The van der Waals surface area contributed by atoms with Crippen LogP contribution < -0.4 is 14.8 Å². The quantitative estimate of drug-likeness (QED) is 0.232. The van der Waals surface area contributed by atoms with Crippen LogP contribution in [0.4, 0.5) is 5.82 Å². The third-order valence-corrected chi connectivity index (χ3v) is 6.40. The number of hydrogen-bond acceptors (Lipinski definition) is 4. The fraction of sp³-hybridized carbons (Fsp3) is 0.172. The van der Waals surface area contributed by atoms with Crippen molar-refractivity contribution in [3.63, 3.8) is 0 Å². The molecule has 0 saturated carbocycles. The van der Waals surface area contributed by atoms with E-state index in [1.165, 1.54) is 6.08 Å². The molecule has 1 N–H and O–H groups in total. The Hall–Kier alpha value is -3.74. The number of ether oxygens (including phenoxy) is 2. The number of hydrogen-bond donors (Lipinski definition) is 1. The Morgan fingerprint density at radius 3 is 2.62 bits per heavy atom. The molecule has 0 atom stereocenters. The third kappa shape index (κ3) is 7.15. The zero-order valence-corrected chi connectivity index (χ0v) is 22.3. The Bertz CT molecular complexity index is 1450. The third-order valence-electron chi connectivity index (χ3n) is 5.66. The zero-order chi connectivity index (χ0) is 26.4. The first-order valence-electron chi connectivity index (χ1n) is 11.6. The lowest BCUT2D eigenvalue weighted by Gasteiger charge is -2.11. The number of aryl methyl sites for hydroxylation is 2. The molecule has 3 aromatic carbocycles. The Balaban J connectivity index is 1.40. The molecule has 0 aliphatic heterocycles. The second-order valence-corrected chi connectivity index (χ2v) is 9.39. The summed E-state index contributed by atoms with van der Waals surface area (Å²) in [4.78, 5) is 12.6. The Kier molecular flexibility index (Phi) is 8.54. The Morgan fingerprint density at radius 2 is 1.86 bits per heavy atom. The van der Waals surface area contributed by atoms with Gasteiger partial charge in [-0.2, -0.15) is 5.10 Å². The molecule has 0 unspecified atom stereocenters. The van der Waals surface area contributed by atoms with Crippen LogP contribution in [0.2, 0.25) is 10.0 Å². The standard InChI is InChI=1S/C29H27Cl2N3O3/c1-19-5-4-6-24(13-19)37-18-23-15-21(8-11-27(23)36-3)9-12-29(35)32-28-14-20(2)34(33-28)17-22-7-10-25(30)26(31)16-22/h4-16H,17-18H2,1-3H3,(H,32,33,35)/b12-9+. The maximum absolute atomic E-state index is 12.6. The highest BCUT2D eigenvalue weighted by atomic mass is 35.5. The summed E-state index contributed by atoms with van der Waals surface area (Å²) in [6.07, 6.45) is 3.21. The lowest BCUT2D eigenvalue weighted by Crippen LogP contribution is -2.09. The first-order chi connectivity index (χ1) is 17.8. The van der Waals surface area contributed by atoms with Crippen LogP contribution in [0.3, 0.4) is 0 Å². The molecule has 6 nitrogen and oxygen atoms in total. The summed E-state index contributed by atoms with van der Waals surface area (Å²) >= 11 is 12.1. The molecule has 0 aliphatic carbocycles. The summed E-state index contributed by atoms with van der Waals surface area (Å²) in [6, 6.07) is 20.8. The summed E-state index contributed by atoms with van der Waals surface area (Å²) in [5, 5.41) is 8.30. The topological polar surface area (TPSA) is 65.4 Å². The van der Waals surface area contributed by atoms with Crippen LogP contribution in [0.1, 0.15) is 27.9 Å². The molecule has 8 heteroatoms. The van der Waals surface area contributed by atoms with E-state index in [0.29, 0.717) is 29.0 Å². The van der Waals surface area contributed by atoms with E-state index in [1.54, 1.807) is 30.0 Å². The number of carbonyl (C=O) groups is 1. The fourth-order valence-electron chi connectivity index (χ4n) is 3.76. The van der Waals surface area contributed by atoms with Crippen LogP contribution in [0.5, 0.6) is 11.5 Å². The molecule has 4 rings (SSSR count). The number of aromatic nitrogens is 2. The molecule has 37 heavy (non-hydrogen) atoms. The van der Waals surface area contributed by atoms with Gasteiger partial charge in [0.05, 0.1) is 23.7 Å². The highest BCUT2D eigenvalue weighted by Crippen LogP contribution is 2.25. The average molecular weight is 536 g/mol. The maximum Gasteiger partial charge on any atom is 0.249 e. The van der Waals surface area contributed by atoms with E-state index in [0.717, 1.165) is 39.4 Å². The van der Waals surface area contributed by atoms with Gasteiger partial charge in [0.2, 0.25) is 5.91 Å². The van der Waals surface area contributed by atoms with E-state index in [-0.39, 0.29) is 5.91 Å². The minimum Gasteiger partial charge on any atom is -0.496 e. The summed E-state index contributed by atoms with van der Waals surface area (Å²) in [5.41, 5.74) is 4.71. The van der Waals surface area contributed by atoms with E-state index in [4.69, 9.17) is 32.7 Å². The van der Waals surface area contributed by atoms with Crippen LogP contribution in [0.15, 0.2) is 72.8 Å². The fourth-order valence-corrected chi connectivity index (χ4v) is 4.08. The second kappa shape index (κ2) is 12.0. The first kappa shape index (κ1) is 26.3. The second-order valence-electron chi connectivity index (χ2n) is 8.58. The minimum absolute atomic E-state index is 0.285. The first-order valence-corrected chi connectivity index (χ1v) is 12.4. The van der Waals surface area contributed by atoms with Crippen LogP contribution in [0, 0.1) is 13.8 Å². The monoisotopic (exact) mass is 535 g/mol. The minimum atomic E-state index is -0.285. The highest BCUT2D eigenvalue weighted by molar-refractivity contribution is 6.42. The maximum atomic E-state index is 12.6. The Morgan fingerprint density at radius 1 is 1.03 bits per heavy atom. The summed E-state index contributed by atoms with van der Waals surface area (Å²) in [6.45, 7) is 4.79. The Labute approximate surface area is 226 Å². The molecule has 1 heterocycles. The number of nitrogens with zero attached hydrogens (tertiary/aromatic N) is 2. The van der Waals surface area contributed by atoms with E-state index in [2.05, 4.69) is 10.4 Å². The summed E-state index contributed by atoms with van der Waals surface area (Å²) in [7, 11) is 1.62. The number of halogens is 2. The normalized spacial score (nSPS) is 11.1. The van der Waals surface area contributed by atoms with Gasteiger partial charge >= 0.3 is 0 Å². The van der Waals surface area contributed by atoms with Gasteiger partial charge in [0.25, 0.3) is 0 Å². The van der Waals surface area contributed by atoms with Gasteiger partial charge in [0.1, 0.15) is 18.1 Å². The number of benzene rings is 3. The van der Waals surface area contributed by atoms with E-state index >= 15 is 0 Å². The van der Waals surface area contributed by atoms with Gasteiger partial charge < -0.3 is 14.8 Å². The van der Waals surface area contributed by atoms with Crippen molar-refractivity contribution in [3.8, 4) is 11.5 Å². The summed E-state index contributed by atoms with van der Waals surface area (Å²) in [5.74, 6) is 1.69. The number of amides is 1.